The molecule has 1 aliphatic heterocycles. The average molecular weight is 392 g/mol. The highest BCUT2D eigenvalue weighted by molar-refractivity contribution is 8.19. The van der Waals surface area contributed by atoms with Crippen LogP contribution in [0.4, 0.5) is 4.39 Å². The zero-order chi connectivity index (χ0) is 18.4. The van der Waals surface area contributed by atoms with Crippen LogP contribution in [0.1, 0.15) is 20.5 Å². The molecule has 1 fully saturated rings. The smallest absolute Gasteiger partial charge is 0.276 e. The van der Waals surface area contributed by atoms with Crippen molar-refractivity contribution in [2.24, 2.45) is 0 Å². The van der Waals surface area contributed by atoms with Crippen molar-refractivity contribution in [3.63, 3.8) is 0 Å². The predicted molar refractivity (Wildman–Crippen MR) is 102 cm³/mol. The third-order valence-corrected chi connectivity index (χ3v) is 6.68. The van der Waals surface area contributed by atoms with Gasteiger partial charge in [-0.1, -0.05) is 24.3 Å². The number of carbonyl (C=O) groups excluding carboxylic acids is 2. The van der Waals surface area contributed by atoms with Gasteiger partial charge in [0.2, 0.25) is 0 Å². The number of benzene rings is 2. The predicted octanol–water partition coefficient (Wildman–Crippen LogP) is 3.14. The van der Waals surface area contributed by atoms with Crippen LogP contribution in [0.15, 0.2) is 48.5 Å². The lowest BCUT2D eigenvalue weighted by Crippen LogP contribution is -2.43. The zero-order valence-corrected chi connectivity index (χ0v) is 15.4. The molecule has 1 heterocycles. The van der Waals surface area contributed by atoms with Crippen LogP contribution in [0.3, 0.4) is 0 Å². The number of hydrazine groups is 1. The van der Waals surface area contributed by atoms with Gasteiger partial charge in [-0.25, -0.2) is 4.39 Å². The van der Waals surface area contributed by atoms with E-state index in [4.69, 9.17) is 4.74 Å². The molecule has 0 bridgehead atoms. The van der Waals surface area contributed by atoms with E-state index in [0.717, 1.165) is 11.5 Å². The van der Waals surface area contributed by atoms with Gasteiger partial charge in [-0.2, -0.15) is 0 Å². The van der Waals surface area contributed by atoms with E-state index < -0.39 is 24.2 Å². The number of para-hydroxylation sites is 1. The van der Waals surface area contributed by atoms with Crippen molar-refractivity contribution in [3.8, 4) is 5.75 Å². The summed E-state index contributed by atoms with van der Waals surface area (Å²) in [5.41, 5.74) is 6.18. The summed E-state index contributed by atoms with van der Waals surface area (Å²) in [6, 6.07) is 13.1. The van der Waals surface area contributed by atoms with Crippen LogP contribution < -0.4 is 15.6 Å². The average Bonchev–Trinajstić information content (AvgIpc) is 3.20. The number of carbonyl (C=O) groups is 2. The maximum absolute atomic E-state index is 13.4. The Morgan fingerprint density at radius 1 is 1.04 bits per heavy atom. The first-order valence-corrected chi connectivity index (χ1v) is 10.0. The lowest BCUT2D eigenvalue weighted by molar-refractivity contribution is -0.123. The van der Waals surface area contributed by atoms with E-state index in [1.807, 2.05) is 35.7 Å². The Morgan fingerprint density at radius 2 is 1.73 bits per heavy atom. The van der Waals surface area contributed by atoms with Crippen molar-refractivity contribution in [2.45, 2.75) is 4.58 Å². The van der Waals surface area contributed by atoms with Gasteiger partial charge in [-0.15, -0.1) is 23.5 Å². The second-order valence-corrected chi connectivity index (χ2v) is 8.14. The van der Waals surface area contributed by atoms with Crippen molar-refractivity contribution in [1.82, 2.24) is 10.9 Å². The van der Waals surface area contributed by atoms with E-state index in [2.05, 4.69) is 10.9 Å². The number of amides is 2. The van der Waals surface area contributed by atoms with E-state index in [1.54, 1.807) is 18.2 Å². The van der Waals surface area contributed by atoms with E-state index >= 15 is 0 Å². The van der Waals surface area contributed by atoms with Gasteiger partial charge >= 0.3 is 0 Å². The van der Waals surface area contributed by atoms with Crippen LogP contribution in [-0.4, -0.2) is 29.9 Å². The Bertz CT molecular complexity index is 780. The number of ether oxygens (including phenoxy) is 1. The minimum absolute atomic E-state index is 0.0211. The van der Waals surface area contributed by atoms with Gasteiger partial charge in [0.05, 0.1) is 4.58 Å². The largest absolute Gasteiger partial charge is 0.481 e. The topological polar surface area (TPSA) is 67.4 Å². The van der Waals surface area contributed by atoms with Crippen molar-refractivity contribution < 1.29 is 18.7 Å². The van der Waals surface area contributed by atoms with Gasteiger partial charge in [0, 0.05) is 17.1 Å². The Labute approximate surface area is 159 Å². The molecule has 2 aromatic rings. The summed E-state index contributed by atoms with van der Waals surface area (Å²) in [5.74, 6) is 0.687. The molecule has 1 aliphatic rings. The molecule has 0 saturated carbocycles. The molecular weight excluding hydrogens is 375 g/mol. The first kappa shape index (κ1) is 18.6. The second kappa shape index (κ2) is 8.95. The number of rotatable bonds is 5. The van der Waals surface area contributed by atoms with Gasteiger partial charge in [0.15, 0.2) is 18.2 Å². The first-order valence-electron chi connectivity index (χ1n) is 7.93. The summed E-state index contributed by atoms with van der Waals surface area (Å²) < 4.78 is 18.9. The molecule has 136 valence electrons. The Hall–Kier alpha value is -2.19. The van der Waals surface area contributed by atoms with Gasteiger partial charge in [-0.05, 0) is 29.8 Å². The van der Waals surface area contributed by atoms with Crippen LogP contribution in [0.5, 0.6) is 5.75 Å². The molecule has 3 rings (SSSR count). The maximum Gasteiger partial charge on any atom is 0.276 e. The highest BCUT2D eigenvalue weighted by Gasteiger charge is 2.18. The maximum atomic E-state index is 13.4. The summed E-state index contributed by atoms with van der Waals surface area (Å²) in [5, 5.41) is 0. The number of thioether (sulfide) groups is 2. The van der Waals surface area contributed by atoms with Gasteiger partial charge in [0.25, 0.3) is 11.8 Å². The standard InChI is InChI=1S/C18H17FN2O3S2/c19-14-3-1-2-4-15(14)24-11-16(22)20-21-17(23)12-5-7-13(8-6-12)18-25-9-10-26-18/h1-8,18H,9-11H2,(H,20,22)(H,21,23). The molecule has 2 amide bonds. The van der Waals surface area contributed by atoms with Gasteiger partial charge < -0.3 is 4.74 Å². The number of hydrogen-bond donors (Lipinski definition) is 2. The summed E-state index contributed by atoms with van der Waals surface area (Å²) in [6.45, 7) is -0.406. The van der Waals surface area contributed by atoms with Crippen molar-refractivity contribution in [2.75, 3.05) is 18.1 Å². The van der Waals surface area contributed by atoms with E-state index in [1.165, 1.54) is 23.8 Å². The van der Waals surface area contributed by atoms with E-state index in [9.17, 15) is 14.0 Å². The first-order chi connectivity index (χ1) is 12.6. The zero-order valence-electron chi connectivity index (χ0n) is 13.7. The number of nitrogens with one attached hydrogen (secondary N) is 2. The van der Waals surface area contributed by atoms with E-state index in [-0.39, 0.29) is 5.75 Å². The quantitative estimate of drug-likeness (QED) is 0.766. The van der Waals surface area contributed by atoms with Crippen molar-refractivity contribution in [1.29, 1.82) is 0 Å². The fraction of sp³-hybridized carbons (Fsp3) is 0.222. The molecule has 0 aromatic heterocycles. The molecule has 8 heteroatoms. The lowest BCUT2D eigenvalue weighted by atomic mass is 10.1. The van der Waals surface area contributed by atoms with Crippen LogP contribution in [0.2, 0.25) is 0 Å². The van der Waals surface area contributed by atoms with Crippen LogP contribution in [0, 0.1) is 5.82 Å². The van der Waals surface area contributed by atoms with Gasteiger partial charge in [-0.3, -0.25) is 20.4 Å². The van der Waals surface area contributed by atoms with Gasteiger partial charge in [0.1, 0.15) is 0 Å². The summed E-state index contributed by atoms with van der Waals surface area (Å²) in [4.78, 5) is 23.8. The molecule has 0 aliphatic carbocycles. The lowest BCUT2D eigenvalue weighted by Gasteiger charge is -2.11. The van der Waals surface area contributed by atoms with Crippen molar-refractivity contribution in [3.05, 3.63) is 65.5 Å². The van der Waals surface area contributed by atoms with Crippen molar-refractivity contribution >= 4 is 35.3 Å². The fourth-order valence-corrected chi connectivity index (χ4v) is 5.14. The monoisotopic (exact) mass is 392 g/mol. The fourth-order valence-electron chi connectivity index (χ4n) is 2.28. The van der Waals surface area contributed by atoms with Crippen LogP contribution in [-0.2, 0) is 4.79 Å². The van der Waals surface area contributed by atoms with Crippen LogP contribution >= 0.6 is 23.5 Å². The molecule has 0 spiro atoms. The van der Waals surface area contributed by atoms with E-state index in [0.29, 0.717) is 10.1 Å². The third kappa shape index (κ3) is 4.92. The molecule has 1 saturated heterocycles. The molecule has 2 aromatic carbocycles. The molecular formula is C18H17FN2O3S2. The highest BCUT2D eigenvalue weighted by Crippen LogP contribution is 2.45. The Balaban J connectivity index is 1.45. The second-order valence-electron chi connectivity index (χ2n) is 5.42. The molecule has 2 N–H and O–H groups in total. The highest BCUT2D eigenvalue weighted by atomic mass is 32.2. The van der Waals surface area contributed by atoms with Crippen LogP contribution in [0.25, 0.3) is 0 Å². The Morgan fingerprint density at radius 3 is 2.42 bits per heavy atom. The summed E-state index contributed by atoms with van der Waals surface area (Å²) >= 11 is 3.79. The minimum atomic E-state index is -0.586. The molecule has 0 unspecified atom stereocenters. The molecule has 26 heavy (non-hydrogen) atoms. The Kier molecular flexibility index (Phi) is 6.40. The molecule has 0 radical (unpaired) electrons. The summed E-state index contributed by atoms with van der Waals surface area (Å²) in [7, 11) is 0. The molecule has 0 atom stereocenters. The minimum Gasteiger partial charge on any atom is -0.481 e. The summed E-state index contributed by atoms with van der Waals surface area (Å²) in [6.07, 6.45) is 0. The number of halogens is 1. The normalized spacial score (nSPS) is 14.0. The number of hydrogen-bond acceptors (Lipinski definition) is 5. The third-order valence-electron chi connectivity index (χ3n) is 3.58. The molecule has 5 nitrogen and oxygen atoms in total. The SMILES string of the molecule is O=C(COc1ccccc1F)NNC(=O)c1ccc(C2SCCS2)cc1.